The monoisotopic (exact) mass is 520 g/mol. The van der Waals surface area contributed by atoms with Crippen LogP contribution in [0, 0.1) is 13.8 Å². The molecule has 0 aliphatic heterocycles. The van der Waals surface area contributed by atoms with Crippen molar-refractivity contribution < 1.29 is 17.9 Å². The van der Waals surface area contributed by atoms with E-state index in [-0.39, 0.29) is 12.5 Å². The molecule has 3 aromatic rings. The molecule has 0 aliphatic carbocycles. The first-order valence-corrected chi connectivity index (χ1v) is 13.2. The molecule has 0 unspecified atom stereocenters. The number of rotatable bonds is 9. The Morgan fingerprint density at radius 2 is 1.65 bits per heavy atom. The van der Waals surface area contributed by atoms with Gasteiger partial charge in [0.15, 0.2) is 0 Å². The molecule has 3 aromatic carbocycles. The van der Waals surface area contributed by atoms with Crippen LogP contribution >= 0.6 is 23.2 Å². The Bertz CT molecular complexity index is 1260. The molecule has 9 heteroatoms. The lowest BCUT2D eigenvalue weighted by Gasteiger charge is -2.23. The number of aryl methyl sites for hydroxylation is 2. The van der Waals surface area contributed by atoms with Crippen LogP contribution < -0.4 is 14.4 Å². The third kappa shape index (κ3) is 6.65. The summed E-state index contributed by atoms with van der Waals surface area (Å²) in [4.78, 5) is 12.5. The Morgan fingerprint density at radius 3 is 2.24 bits per heavy atom. The summed E-state index contributed by atoms with van der Waals surface area (Å²) in [6, 6.07) is 17.2. The predicted octanol–water partition coefficient (Wildman–Crippen LogP) is 5.39. The fraction of sp³-hybridized carbons (Fsp3) is 0.240. The molecule has 0 fully saturated rings. The lowest BCUT2D eigenvalue weighted by atomic mass is 10.1. The highest BCUT2D eigenvalue weighted by Crippen LogP contribution is 2.29. The average Bonchev–Trinajstić information content (AvgIpc) is 2.77. The zero-order chi connectivity index (χ0) is 24.9. The van der Waals surface area contributed by atoms with Crippen LogP contribution in [0.3, 0.4) is 0 Å². The third-order valence-corrected chi connectivity index (χ3v) is 7.01. The number of amides is 1. The Labute approximate surface area is 210 Å². The van der Waals surface area contributed by atoms with E-state index in [9.17, 15) is 13.2 Å². The predicted molar refractivity (Wildman–Crippen MR) is 138 cm³/mol. The molecule has 0 aromatic heterocycles. The number of ether oxygens (including phenoxy) is 1. The van der Waals surface area contributed by atoms with Gasteiger partial charge in [-0.1, -0.05) is 47.0 Å². The second-order valence-corrected chi connectivity index (χ2v) is 10.6. The summed E-state index contributed by atoms with van der Waals surface area (Å²) < 4.78 is 31.8. The van der Waals surface area contributed by atoms with Gasteiger partial charge in [-0.25, -0.2) is 8.42 Å². The quantitative estimate of drug-likeness (QED) is 0.384. The summed E-state index contributed by atoms with van der Waals surface area (Å²) in [5, 5.41) is 3.55. The van der Waals surface area contributed by atoms with Crippen molar-refractivity contribution in [1.82, 2.24) is 5.32 Å². The minimum atomic E-state index is -3.63. The number of hydrogen-bond acceptors (Lipinski definition) is 4. The van der Waals surface area contributed by atoms with Crippen LogP contribution in [0.2, 0.25) is 10.0 Å². The minimum Gasteiger partial charge on any atom is -0.491 e. The van der Waals surface area contributed by atoms with E-state index in [1.165, 1.54) is 4.31 Å². The maximum Gasteiger partial charge on any atom is 0.251 e. The lowest BCUT2D eigenvalue weighted by Crippen LogP contribution is -2.30. The maximum absolute atomic E-state index is 12.5. The largest absolute Gasteiger partial charge is 0.491 e. The van der Waals surface area contributed by atoms with Crippen LogP contribution in [0.1, 0.15) is 27.0 Å². The van der Waals surface area contributed by atoms with E-state index in [0.29, 0.717) is 40.0 Å². The molecule has 1 N–H and O–H groups in total. The van der Waals surface area contributed by atoms with Gasteiger partial charge in [0.1, 0.15) is 12.4 Å². The Hall–Kier alpha value is -2.74. The van der Waals surface area contributed by atoms with Crippen LogP contribution in [0.4, 0.5) is 5.69 Å². The van der Waals surface area contributed by atoms with Gasteiger partial charge in [-0.2, -0.15) is 0 Å². The molecule has 6 nitrogen and oxygen atoms in total. The molecule has 0 aliphatic rings. The molecule has 0 radical (unpaired) electrons. The molecule has 1 amide bonds. The topological polar surface area (TPSA) is 75.7 Å². The molecular weight excluding hydrogens is 495 g/mol. The zero-order valence-electron chi connectivity index (χ0n) is 19.1. The highest BCUT2D eigenvalue weighted by molar-refractivity contribution is 7.92. The van der Waals surface area contributed by atoms with Gasteiger partial charge in [0, 0.05) is 21.2 Å². The second-order valence-electron chi connectivity index (χ2n) is 7.89. The van der Waals surface area contributed by atoms with E-state index < -0.39 is 10.0 Å². The van der Waals surface area contributed by atoms with Crippen LogP contribution in [0.5, 0.6) is 5.75 Å². The molecule has 0 bridgehead atoms. The SMILES string of the molecule is Cc1ccc(OCCNC(=O)c2ccc(N(Cc3c(Cl)cccc3Cl)S(C)(=O)=O)cc2)c(C)c1. The summed E-state index contributed by atoms with van der Waals surface area (Å²) >= 11 is 12.4. The van der Waals surface area contributed by atoms with Crippen molar-refractivity contribution in [2.24, 2.45) is 0 Å². The number of benzene rings is 3. The van der Waals surface area contributed by atoms with Crippen molar-refractivity contribution in [2.45, 2.75) is 20.4 Å². The van der Waals surface area contributed by atoms with Crippen molar-refractivity contribution in [3.63, 3.8) is 0 Å². The van der Waals surface area contributed by atoms with Crippen molar-refractivity contribution >= 4 is 44.8 Å². The number of nitrogens with one attached hydrogen (secondary N) is 1. The third-order valence-electron chi connectivity index (χ3n) is 5.16. The fourth-order valence-electron chi connectivity index (χ4n) is 3.39. The summed E-state index contributed by atoms with van der Waals surface area (Å²) in [5.41, 5.74) is 3.50. The van der Waals surface area contributed by atoms with Gasteiger partial charge in [-0.3, -0.25) is 9.10 Å². The summed E-state index contributed by atoms with van der Waals surface area (Å²) in [6.07, 6.45) is 1.11. The lowest BCUT2D eigenvalue weighted by molar-refractivity contribution is 0.0947. The van der Waals surface area contributed by atoms with Crippen molar-refractivity contribution in [3.8, 4) is 5.75 Å². The minimum absolute atomic E-state index is 0.0291. The molecule has 34 heavy (non-hydrogen) atoms. The standard InChI is InChI=1S/C25H26Cl2N2O4S/c1-17-7-12-24(18(2)15-17)33-14-13-28-25(30)19-8-10-20(11-9-19)29(34(3,31)32)16-21-22(26)5-4-6-23(21)27/h4-12,15H,13-14,16H2,1-3H3,(H,28,30). The van der Waals surface area contributed by atoms with Gasteiger partial charge < -0.3 is 10.1 Å². The summed E-state index contributed by atoms with van der Waals surface area (Å²) in [7, 11) is -3.63. The second kappa shape index (κ2) is 11.1. The van der Waals surface area contributed by atoms with E-state index in [0.717, 1.165) is 23.1 Å². The van der Waals surface area contributed by atoms with E-state index in [1.807, 2.05) is 32.0 Å². The van der Waals surface area contributed by atoms with Crippen molar-refractivity contribution in [1.29, 1.82) is 0 Å². The van der Waals surface area contributed by atoms with Crippen LogP contribution in [-0.4, -0.2) is 33.7 Å². The van der Waals surface area contributed by atoms with Gasteiger partial charge in [-0.15, -0.1) is 0 Å². The van der Waals surface area contributed by atoms with E-state index in [4.69, 9.17) is 27.9 Å². The molecule has 0 heterocycles. The summed E-state index contributed by atoms with van der Waals surface area (Å²) in [6.45, 7) is 4.62. The maximum atomic E-state index is 12.5. The smallest absolute Gasteiger partial charge is 0.251 e. The van der Waals surface area contributed by atoms with E-state index in [2.05, 4.69) is 5.32 Å². The Balaban J connectivity index is 1.64. The van der Waals surface area contributed by atoms with Gasteiger partial charge >= 0.3 is 0 Å². The van der Waals surface area contributed by atoms with Gasteiger partial charge in [0.25, 0.3) is 5.91 Å². The first kappa shape index (κ1) is 25.9. The number of hydrogen-bond donors (Lipinski definition) is 1. The molecule has 0 spiro atoms. The van der Waals surface area contributed by atoms with Crippen molar-refractivity contribution in [3.05, 3.63) is 93.0 Å². The average molecular weight is 521 g/mol. The van der Waals surface area contributed by atoms with Crippen molar-refractivity contribution in [2.75, 3.05) is 23.7 Å². The van der Waals surface area contributed by atoms with Gasteiger partial charge in [0.05, 0.1) is 25.0 Å². The molecule has 0 atom stereocenters. The first-order valence-electron chi connectivity index (χ1n) is 10.5. The number of carbonyl (C=O) groups is 1. The Morgan fingerprint density at radius 1 is 1.00 bits per heavy atom. The van der Waals surface area contributed by atoms with Gasteiger partial charge in [-0.05, 0) is 61.9 Å². The molecular formula is C25H26Cl2N2O4S. The number of carbonyl (C=O) groups excluding carboxylic acids is 1. The van der Waals surface area contributed by atoms with E-state index >= 15 is 0 Å². The van der Waals surface area contributed by atoms with Gasteiger partial charge in [0.2, 0.25) is 10.0 Å². The number of halogens is 2. The van der Waals surface area contributed by atoms with Crippen LogP contribution in [-0.2, 0) is 16.6 Å². The zero-order valence-corrected chi connectivity index (χ0v) is 21.5. The fourth-order valence-corrected chi connectivity index (χ4v) is 4.78. The highest BCUT2D eigenvalue weighted by atomic mass is 35.5. The number of anilines is 1. The van der Waals surface area contributed by atoms with Crippen LogP contribution in [0.15, 0.2) is 60.7 Å². The van der Waals surface area contributed by atoms with E-state index in [1.54, 1.807) is 42.5 Å². The molecule has 0 saturated heterocycles. The normalized spacial score (nSPS) is 11.2. The molecule has 180 valence electrons. The first-order chi connectivity index (χ1) is 16.1. The van der Waals surface area contributed by atoms with Crippen LogP contribution in [0.25, 0.3) is 0 Å². The summed E-state index contributed by atoms with van der Waals surface area (Å²) in [5.74, 6) is 0.500. The molecule has 3 rings (SSSR count). The highest BCUT2D eigenvalue weighted by Gasteiger charge is 2.21. The Kier molecular flexibility index (Phi) is 8.47. The molecule has 0 saturated carbocycles. The number of nitrogens with zero attached hydrogens (tertiary/aromatic N) is 1. The number of sulfonamides is 1.